The predicted molar refractivity (Wildman–Crippen MR) is 83.6 cm³/mol. The molecule has 2 N–H and O–H groups in total. The molecular formula is C16H28FN3O. The first kappa shape index (κ1) is 18.0. The number of aliphatic hydroxyl groups is 1. The van der Waals surface area contributed by atoms with E-state index < -0.39 is 0 Å². The summed E-state index contributed by atoms with van der Waals surface area (Å²) in [6.45, 7) is 9.27. The number of halogens is 1. The van der Waals surface area contributed by atoms with E-state index in [9.17, 15) is 4.39 Å². The van der Waals surface area contributed by atoms with E-state index in [-0.39, 0.29) is 18.5 Å². The van der Waals surface area contributed by atoms with Crippen molar-refractivity contribution in [2.75, 3.05) is 26.2 Å². The van der Waals surface area contributed by atoms with Crippen LogP contribution in [0, 0.1) is 5.82 Å². The van der Waals surface area contributed by atoms with E-state index in [1.54, 1.807) is 6.07 Å². The van der Waals surface area contributed by atoms with Crippen LogP contribution < -0.4 is 5.32 Å². The van der Waals surface area contributed by atoms with Gasteiger partial charge in [-0.3, -0.25) is 4.98 Å². The van der Waals surface area contributed by atoms with Gasteiger partial charge in [0.25, 0.3) is 0 Å². The molecule has 120 valence electrons. The first-order valence-electron chi connectivity index (χ1n) is 7.78. The molecule has 1 aromatic heterocycles. The van der Waals surface area contributed by atoms with Crippen LogP contribution in [-0.4, -0.2) is 47.3 Å². The van der Waals surface area contributed by atoms with E-state index in [4.69, 9.17) is 5.11 Å². The first-order valence-corrected chi connectivity index (χ1v) is 7.78. The summed E-state index contributed by atoms with van der Waals surface area (Å²) < 4.78 is 13.0. The van der Waals surface area contributed by atoms with Gasteiger partial charge in [0.05, 0.1) is 17.9 Å². The molecule has 1 atom stereocenters. The highest BCUT2D eigenvalue weighted by molar-refractivity contribution is 5.10. The summed E-state index contributed by atoms with van der Waals surface area (Å²) in [7, 11) is 0. The second kappa shape index (κ2) is 9.82. The van der Waals surface area contributed by atoms with Crippen molar-refractivity contribution < 1.29 is 9.50 Å². The van der Waals surface area contributed by atoms with Crippen LogP contribution in [0.4, 0.5) is 4.39 Å². The van der Waals surface area contributed by atoms with Gasteiger partial charge in [0.1, 0.15) is 5.82 Å². The highest BCUT2D eigenvalue weighted by Crippen LogP contribution is 2.16. The van der Waals surface area contributed by atoms with Crippen LogP contribution in [0.3, 0.4) is 0 Å². The van der Waals surface area contributed by atoms with Crippen LogP contribution in [0.25, 0.3) is 0 Å². The lowest BCUT2D eigenvalue weighted by Crippen LogP contribution is -2.35. The number of nitrogens with one attached hydrogen (secondary N) is 1. The highest BCUT2D eigenvalue weighted by atomic mass is 19.1. The second-order valence-electron chi connectivity index (χ2n) is 5.51. The van der Waals surface area contributed by atoms with Gasteiger partial charge < -0.3 is 15.3 Å². The van der Waals surface area contributed by atoms with Gasteiger partial charge in [0, 0.05) is 25.7 Å². The number of aromatic nitrogens is 1. The molecule has 0 aromatic carbocycles. The zero-order valence-electron chi connectivity index (χ0n) is 13.3. The third-order valence-corrected chi connectivity index (χ3v) is 3.60. The van der Waals surface area contributed by atoms with Crippen molar-refractivity contribution in [2.24, 2.45) is 0 Å². The fourth-order valence-corrected chi connectivity index (χ4v) is 2.39. The number of nitrogens with zero attached hydrogens (tertiary/aromatic N) is 2. The molecule has 1 rings (SSSR count). The molecule has 4 nitrogen and oxygen atoms in total. The molecule has 0 aliphatic heterocycles. The minimum absolute atomic E-state index is 0.131. The van der Waals surface area contributed by atoms with Gasteiger partial charge in [-0.1, -0.05) is 6.92 Å². The summed E-state index contributed by atoms with van der Waals surface area (Å²) in [4.78, 5) is 6.54. The Hall–Kier alpha value is -1.04. The largest absolute Gasteiger partial charge is 0.396 e. The van der Waals surface area contributed by atoms with Crippen molar-refractivity contribution in [3.63, 3.8) is 0 Å². The van der Waals surface area contributed by atoms with E-state index in [1.165, 1.54) is 12.3 Å². The summed E-state index contributed by atoms with van der Waals surface area (Å²) in [5.74, 6) is -0.305. The third kappa shape index (κ3) is 6.50. The smallest absolute Gasteiger partial charge is 0.141 e. The average Bonchev–Trinajstić information content (AvgIpc) is 2.46. The normalized spacial score (nSPS) is 13.1. The van der Waals surface area contributed by atoms with E-state index >= 15 is 0 Å². The summed E-state index contributed by atoms with van der Waals surface area (Å²) >= 11 is 0. The maximum Gasteiger partial charge on any atom is 0.141 e. The molecule has 21 heavy (non-hydrogen) atoms. The average molecular weight is 297 g/mol. The Labute approximate surface area is 127 Å². The van der Waals surface area contributed by atoms with Crippen LogP contribution in [0.15, 0.2) is 18.3 Å². The van der Waals surface area contributed by atoms with E-state index in [0.29, 0.717) is 6.04 Å². The molecule has 5 heteroatoms. The Morgan fingerprint density at radius 3 is 2.62 bits per heavy atom. The minimum Gasteiger partial charge on any atom is -0.396 e. The highest BCUT2D eigenvalue weighted by Gasteiger charge is 2.15. The summed E-state index contributed by atoms with van der Waals surface area (Å²) in [6, 6.07) is 3.78. The lowest BCUT2D eigenvalue weighted by atomic mass is 10.1. The molecule has 0 fully saturated rings. The SMILES string of the molecule is CCNC(CCN(CCCO)C(C)C)c1ccc(F)cn1. The van der Waals surface area contributed by atoms with Crippen LogP contribution >= 0.6 is 0 Å². The van der Waals surface area contributed by atoms with Crippen molar-refractivity contribution in [1.82, 2.24) is 15.2 Å². The lowest BCUT2D eigenvalue weighted by molar-refractivity contribution is 0.183. The zero-order chi connectivity index (χ0) is 15.7. The van der Waals surface area contributed by atoms with Crippen molar-refractivity contribution in [3.05, 3.63) is 29.8 Å². The molecule has 1 aromatic rings. The molecule has 0 saturated carbocycles. The van der Waals surface area contributed by atoms with Gasteiger partial charge in [0.15, 0.2) is 0 Å². The molecule has 0 radical (unpaired) electrons. The summed E-state index contributed by atoms with van der Waals surface area (Å²) in [5.41, 5.74) is 0.879. The van der Waals surface area contributed by atoms with Crippen LogP contribution in [0.2, 0.25) is 0 Å². The monoisotopic (exact) mass is 297 g/mol. The first-order chi connectivity index (χ1) is 10.1. The Bertz CT molecular complexity index is 384. The zero-order valence-corrected chi connectivity index (χ0v) is 13.3. The van der Waals surface area contributed by atoms with Gasteiger partial charge in [0.2, 0.25) is 0 Å². The molecule has 0 saturated heterocycles. The Balaban J connectivity index is 2.62. The second-order valence-corrected chi connectivity index (χ2v) is 5.51. The fourth-order valence-electron chi connectivity index (χ4n) is 2.39. The maximum absolute atomic E-state index is 13.0. The lowest BCUT2D eigenvalue weighted by Gasteiger charge is -2.28. The van der Waals surface area contributed by atoms with Gasteiger partial charge >= 0.3 is 0 Å². The number of rotatable bonds is 10. The Morgan fingerprint density at radius 2 is 2.10 bits per heavy atom. The van der Waals surface area contributed by atoms with Gasteiger partial charge in [-0.15, -0.1) is 0 Å². The van der Waals surface area contributed by atoms with Crippen molar-refractivity contribution in [1.29, 1.82) is 0 Å². The van der Waals surface area contributed by atoms with E-state index in [1.807, 2.05) is 0 Å². The summed E-state index contributed by atoms with van der Waals surface area (Å²) in [5, 5.41) is 12.4. The van der Waals surface area contributed by atoms with Crippen molar-refractivity contribution >= 4 is 0 Å². The molecule has 0 amide bonds. The molecule has 0 aliphatic rings. The Morgan fingerprint density at radius 1 is 1.33 bits per heavy atom. The standard InChI is InChI=1S/C16H28FN3O/c1-4-18-16(15-7-6-14(17)12-19-15)8-10-20(13(2)3)9-5-11-21/h6-7,12-13,16,18,21H,4-5,8-11H2,1-3H3. The fraction of sp³-hybridized carbons (Fsp3) is 0.688. The number of aliphatic hydroxyl groups excluding tert-OH is 1. The molecule has 1 unspecified atom stereocenters. The summed E-state index contributed by atoms with van der Waals surface area (Å²) in [6.07, 6.45) is 2.97. The topological polar surface area (TPSA) is 48.4 Å². The minimum atomic E-state index is -0.305. The molecule has 0 aliphatic carbocycles. The number of pyridine rings is 1. The van der Waals surface area contributed by atoms with Gasteiger partial charge in [-0.05, 0) is 45.4 Å². The van der Waals surface area contributed by atoms with Crippen LogP contribution in [0.1, 0.15) is 45.3 Å². The van der Waals surface area contributed by atoms with E-state index in [0.717, 1.165) is 38.2 Å². The van der Waals surface area contributed by atoms with E-state index in [2.05, 4.69) is 36.0 Å². The molecular weight excluding hydrogens is 269 g/mol. The third-order valence-electron chi connectivity index (χ3n) is 3.60. The maximum atomic E-state index is 13.0. The predicted octanol–water partition coefficient (Wildman–Crippen LogP) is 2.35. The molecule has 1 heterocycles. The Kier molecular flexibility index (Phi) is 8.42. The van der Waals surface area contributed by atoms with Gasteiger partial charge in [-0.2, -0.15) is 0 Å². The molecule has 0 bridgehead atoms. The van der Waals surface area contributed by atoms with Crippen molar-refractivity contribution in [3.8, 4) is 0 Å². The number of hydrogen-bond donors (Lipinski definition) is 2. The number of hydrogen-bond acceptors (Lipinski definition) is 4. The van der Waals surface area contributed by atoms with Crippen molar-refractivity contribution in [2.45, 2.75) is 45.7 Å². The van der Waals surface area contributed by atoms with Crippen LogP contribution in [-0.2, 0) is 0 Å². The van der Waals surface area contributed by atoms with Gasteiger partial charge in [-0.25, -0.2) is 4.39 Å². The quantitative estimate of drug-likeness (QED) is 0.696. The molecule has 0 spiro atoms. The van der Waals surface area contributed by atoms with Crippen LogP contribution in [0.5, 0.6) is 0 Å².